The molecule has 1 atom stereocenters. The second kappa shape index (κ2) is 4.61. The van der Waals surface area contributed by atoms with Crippen molar-refractivity contribution >= 4 is 11.8 Å². The van der Waals surface area contributed by atoms with E-state index in [4.69, 9.17) is 5.73 Å². The van der Waals surface area contributed by atoms with Crippen LogP contribution in [0.15, 0.2) is 42.6 Å². The van der Waals surface area contributed by atoms with Crippen molar-refractivity contribution in [1.82, 2.24) is 9.97 Å². The molecule has 1 heterocycles. The third kappa shape index (κ3) is 2.48. The van der Waals surface area contributed by atoms with Crippen LogP contribution >= 0.6 is 0 Å². The number of nitrogens with two attached hydrogens (primary N) is 1. The second-order valence-electron chi connectivity index (χ2n) is 3.58. The maximum Gasteiger partial charge on any atom is 0.225 e. The number of nitrogens with zero attached hydrogens (tertiary/aromatic N) is 2. The summed E-state index contributed by atoms with van der Waals surface area (Å²) >= 11 is 0. The van der Waals surface area contributed by atoms with Crippen molar-refractivity contribution in [3.05, 3.63) is 48.2 Å². The van der Waals surface area contributed by atoms with E-state index in [1.165, 1.54) is 5.56 Å². The van der Waals surface area contributed by atoms with E-state index in [0.717, 1.165) is 0 Å². The molecular weight excluding hydrogens is 200 g/mol. The zero-order chi connectivity index (χ0) is 11.4. The molecule has 2 rings (SSSR count). The minimum Gasteiger partial charge on any atom is -0.384 e. The summed E-state index contributed by atoms with van der Waals surface area (Å²) in [4.78, 5) is 8.20. The van der Waals surface area contributed by atoms with Crippen LogP contribution in [-0.4, -0.2) is 9.97 Å². The van der Waals surface area contributed by atoms with Crippen LogP contribution < -0.4 is 11.1 Å². The Morgan fingerprint density at radius 3 is 2.62 bits per heavy atom. The average molecular weight is 214 g/mol. The van der Waals surface area contributed by atoms with E-state index >= 15 is 0 Å². The largest absolute Gasteiger partial charge is 0.384 e. The summed E-state index contributed by atoms with van der Waals surface area (Å²) < 4.78 is 0. The van der Waals surface area contributed by atoms with Gasteiger partial charge in [0.15, 0.2) is 0 Å². The molecule has 16 heavy (non-hydrogen) atoms. The predicted octanol–water partition coefficient (Wildman–Crippen LogP) is 2.23. The number of hydrogen-bond acceptors (Lipinski definition) is 4. The van der Waals surface area contributed by atoms with Gasteiger partial charge in [0.05, 0.1) is 6.04 Å². The van der Waals surface area contributed by atoms with Crippen LogP contribution in [0.5, 0.6) is 0 Å². The van der Waals surface area contributed by atoms with Crippen molar-refractivity contribution in [2.45, 2.75) is 13.0 Å². The lowest BCUT2D eigenvalue weighted by Gasteiger charge is -2.13. The monoisotopic (exact) mass is 214 g/mol. The number of rotatable bonds is 3. The summed E-state index contributed by atoms with van der Waals surface area (Å²) in [5.74, 6) is 1.02. The highest BCUT2D eigenvalue weighted by Gasteiger charge is 2.05. The Bertz CT molecular complexity index is 456. The fourth-order valence-corrected chi connectivity index (χ4v) is 1.46. The summed E-state index contributed by atoms with van der Waals surface area (Å²) in [5, 5.41) is 3.20. The van der Waals surface area contributed by atoms with Crippen molar-refractivity contribution in [3.63, 3.8) is 0 Å². The first-order valence-corrected chi connectivity index (χ1v) is 5.16. The molecule has 4 heteroatoms. The standard InChI is InChI=1S/C12H14N4/c1-9(10-5-3-2-4-6-10)15-12-14-8-7-11(13)16-12/h2-9H,1H3,(H3,13,14,15,16)/t9-/m0/s1. The van der Waals surface area contributed by atoms with Crippen LogP contribution in [0.2, 0.25) is 0 Å². The molecule has 0 saturated carbocycles. The molecule has 4 nitrogen and oxygen atoms in total. The van der Waals surface area contributed by atoms with Crippen LogP contribution in [0.1, 0.15) is 18.5 Å². The van der Waals surface area contributed by atoms with E-state index in [2.05, 4.69) is 34.3 Å². The minimum absolute atomic E-state index is 0.156. The van der Waals surface area contributed by atoms with E-state index in [1.54, 1.807) is 12.3 Å². The van der Waals surface area contributed by atoms with Crippen molar-refractivity contribution < 1.29 is 0 Å². The van der Waals surface area contributed by atoms with Gasteiger partial charge < -0.3 is 11.1 Å². The number of hydrogen-bond donors (Lipinski definition) is 2. The third-order valence-corrected chi connectivity index (χ3v) is 2.32. The maximum atomic E-state index is 5.58. The Morgan fingerprint density at radius 2 is 1.94 bits per heavy atom. The van der Waals surface area contributed by atoms with Crippen molar-refractivity contribution in [2.24, 2.45) is 0 Å². The smallest absolute Gasteiger partial charge is 0.225 e. The van der Waals surface area contributed by atoms with Gasteiger partial charge in [0.1, 0.15) is 5.82 Å². The van der Waals surface area contributed by atoms with Gasteiger partial charge >= 0.3 is 0 Å². The molecule has 0 bridgehead atoms. The molecule has 1 aromatic heterocycles. The predicted molar refractivity (Wildman–Crippen MR) is 64.9 cm³/mol. The molecular formula is C12H14N4. The van der Waals surface area contributed by atoms with Gasteiger partial charge in [-0.1, -0.05) is 30.3 Å². The summed E-state index contributed by atoms with van der Waals surface area (Å²) in [6, 6.07) is 11.9. The molecule has 0 spiro atoms. The van der Waals surface area contributed by atoms with Crippen molar-refractivity contribution in [2.75, 3.05) is 11.1 Å². The average Bonchev–Trinajstić information content (AvgIpc) is 2.30. The Balaban J connectivity index is 2.11. The zero-order valence-corrected chi connectivity index (χ0v) is 9.09. The second-order valence-corrected chi connectivity index (χ2v) is 3.58. The number of benzene rings is 1. The van der Waals surface area contributed by atoms with Crippen LogP contribution in [0.4, 0.5) is 11.8 Å². The molecule has 3 N–H and O–H groups in total. The molecule has 0 aliphatic carbocycles. The number of anilines is 2. The van der Waals surface area contributed by atoms with Gasteiger partial charge in [-0.2, -0.15) is 4.98 Å². The Labute approximate surface area is 94.5 Å². The lowest BCUT2D eigenvalue weighted by Crippen LogP contribution is -2.09. The van der Waals surface area contributed by atoms with E-state index in [0.29, 0.717) is 11.8 Å². The first-order chi connectivity index (χ1) is 7.75. The molecule has 1 aromatic carbocycles. The highest BCUT2D eigenvalue weighted by molar-refractivity contribution is 5.37. The molecule has 0 aliphatic heterocycles. The summed E-state index contributed by atoms with van der Waals surface area (Å²) in [7, 11) is 0. The van der Waals surface area contributed by atoms with Gasteiger partial charge in [-0.05, 0) is 18.6 Å². The molecule has 0 fully saturated rings. The van der Waals surface area contributed by atoms with E-state index in [9.17, 15) is 0 Å². The highest BCUT2D eigenvalue weighted by atomic mass is 15.1. The molecule has 0 radical (unpaired) electrons. The van der Waals surface area contributed by atoms with Crippen molar-refractivity contribution in [1.29, 1.82) is 0 Å². The van der Waals surface area contributed by atoms with Gasteiger partial charge in [-0.3, -0.25) is 0 Å². The summed E-state index contributed by atoms with van der Waals surface area (Å²) in [6.45, 7) is 2.06. The maximum absolute atomic E-state index is 5.58. The fourth-order valence-electron chi connectivity index (χ4n) is 1.46. The van der Waals surface area contributed by atoms with Crippen LogP contribution in [-0.2, 0) is 0 Å². The fraction of sp³-hybridized carbons (Fsp3) is 0.167. The van der Waals surface area contributed by atoms with Gasteiger partial charge in [-0.15, -0.1) is 0 Å². The van der Waals surface area contributed by atoms with Crippen LogP contribution in [0.25, 0.3) is 0 Å². The minimum atomic E-state index is 0.156. The van der Waals surface area contributed by atoms with Crippen LogP contribution in [0, 0.1) is 0 Å². The summed E-state index contributed by atoms with van der Waals surface area (Å²) in [6.07, 6.45) is 1.64. The van der Waals surface area contributed by atoms with Crippen molar-refractivity contribution in [3.8, 4) is 0 Å². The Kier molecular flexibility index (Phi) is 3.00. The number of nitrogens with one attached hydrogen (secondary N) is 1. The number of nitrogen functional groups attached to an aromatic ring is 1. The summed E-state index contributed by atoms with van der Waals surface area (Å²) in [5.41, 5.74) is 6.77. The molecule has 82 valence electrons. The zero-order valence-electron chi connectivity index (χ0n) is 9.09. The molecule has 0 aliphatic rings. The molecule has 0 amide bonds. The molecule has 0 unspecified atom stereocenters. The van der Waals surface area contributed by atoms with E-state index in [-0.39, 0.29) is 6.04 Å². The highest BCUT2D eigenvalue weighted by Crippen LogP contribution is 2.16. The third-order valence-electron chi connectivity index (χ3n) is 2.32. The van der Waals surface area contributed by atoms with Gasteiger partial charge in [0, 0.05) is 6.20 Å². The van der Waals surface area contributed by atoms with Gasteiger partial charge in [-0.25, -0.2) is 4.98 Å². The first-order valence-electron chi connectivity index (χ1n) is 5.16. The lowest BCUT2D eigenvalue weighted by atomic mass is 10.1. The molecule has 0 saturated heterocycles. The quantitative estimate of drug-likeness (QED) is 0.822. The Hall–Kier alpha value is -2.10. The SMILES string of the molecule is C[C@H](Nc1nccc(N)n1)c1ccccc1. The van der Waals surface area contributed by atoms with Gasteiger partial charge in [0.25, 0.3) is 0 Å². The van der Waals surface area contributed by atoms with E-state index in [1.807, 2.05) is 18.2 Å². The lowest BCUT2D eigenvalue weighted by molar-refractivity contribution is 0.861. The molecule has 2 aromatic rings. The Morgan fingerprint density at radius 1 is 1.19 bits per heavy atom. The number of aromatic nitrogens is 2. The topological polar surface area (TPSA) is 63.8 Å². The van der Waals surface area contributed by atoms with E-state index < -0.39 is 0 Å². The normalized spacial score (nSPS) is 12.1. The van der Waals surface area contributed by atoms with Crippen LogP contribution in [0.3, 0.4) is 0 Å². The van der Waals surface area contributed by atoms with Gasteiger partial charge in [0.2, 0.25) is 5.95 Å². The first kappa shape index (κ1) is 10.4.